The van der Waals surface area contributed by atoms with Crippen molar-refractivity contribution in [1.29, 1.82) is 0 Å². The van der Waals surface area contributed by atoms with Crippen molar-refractivity contribution in [3.8, 4) is 11.3 Å². The highest BCUT2D eigenvalue weighted by atomic mass is 35.5. The Labute approximate surface area is 174 Å². The molecule has 1 fully saturated rings. The summed E-state index contributed by atoms with van der Waals surface area (Å²) in [6.07, 6.45) is 7.14. The van der Waals surface area contributed by atoms with E-state index in [1.54, 1.807) is 12.5 Å². The van der Waals surface area contributed by atoms with Crippen LogP contribution in [0.15, 0.2) is 40.6 Å². The topological polar surface area (TPSA) is 72.8 Å². The first-order chi connectivity index (χ1) is 14.2. The molecule has 0 saturated carbocycles. The van der Waals surface area contributed by atoms with Crippen LogP contribution in [-0.4, -0.2) is 72.2 Å². The van der Waals surface area contributed by atoms with Crippen LogP contribution in [0.4, 0.5) is 5.82 Å². The first kappa shape index (κ1) is 18.3. The Morgan fingerprint density at radius 3 is 2.69 bits per heavy atom. The number of halogens is 1. The summed E-state index contributed by atoms with van der Waals surface area (Å²) < 4.78 is 0. The van der Waals surface area contributed by atoms with Crippen molar-refractivity contribution < 1.29 is 0 Å². The second-order valence-electron chi connectivity index (χ2n) is 7.54. The Morgan fingerprint density at radius 1 is 1.10 bits per heavy atom. The number of aromatic amines is 1. The molecule has 0 aliphatic carbocycles. The minimum atomic E-state index is 0.0707. The molecular weight excluding hydrogens is 386 g/mol. The van der Waals surface area contributed by atoms with Gasteiger partial charge in [0.25, 0.3) is 0 Å². The van der Waals surface area contributed by atoms with Gasteiger partial charge in [-0.15, -0.1) is 0 Å². The van der Waals surface area contributed by atoms with Gasteiger partial charge in [0.05, 0.1) is 17.3 Å². The molecule has 0 spiro atoms. The zero-order valence-electron chi connectivity index (χ0n) is 16.2. The fourth-order valence-corrected chi connectivity index (χ4v) is 4.16. The molecule has 3 aromatic rings. The summed E-state index contributed by atoms with van der Waals surface area (Å²) in [5.74, 6) is 1.09. The maximum absolute atomic E-state index is 6.24. The molecule has 2 aliphatic rings. The highest BCUT2D eigenvalue weighted by Gasteiger charge is 2.23. The van der Waals surface area contributed by atoms with Gasteiger partial charge in [-0.25, -0.2) is 15.0 Å². The quantitative estimate of drug-likeness (QED) is 0.723. The number of nitrogens with one attached hydrogen (secondary N) is 1. The number of hydrogen-bond donors (Lipinski definition) is 1. The summed E-state index contributed by atoms with van der Waals surface area (Å²) in [4.78, 5) is 26.0. The van der Waals surface area contributed by atoms with Gasteiger partial charge in [-0.05, 0) is 30.8 Å². The van der Waals surface area contributed by atoms with Gasteiger partial charge in [0, 0.05) is 61.7 Å². The van der Waals surface area contributed by atoms with Crippen molar-refractivity contribution in [3.63, 3.8) is 0 Å². The molecule has 5 heterocycles. The summed E-state index contributed by atoms with van der Waals surface area (Å²) in [6, 6.07) is 6.18. The normalized spacial score (nSPS) is 19.9. The van der Waals surface area contributed by atoms with Crippen molar-refractivity contribution in [1.82, 2.24) is 19.9 Å². The molecule has 3 aromatic heterocycles. The molecule has 1 unspecified atom stereocenters. The number of rotatable bonds is 3. The third-order valence-corrected chi connectivity index (χ3v) is 5.81. The van der Waals surface area contributed by atoms with E-state index in [4.69, 9.17) is 16.6 Å². The molecule has 29 heavy (non-hydrogen) atoms. The van der Waals surface area contributed by atoms with E-state index in [9.17, 15) is 0 Å². The molecule has 148 valence electrons. The average Bonchev–Trinajstić information content (AvgIpc) is 3.13. The monoisotopic (exact) mass is 407 g/mol. The lowest BCUT2D eigenvalue weighted by atomic mass is 9.94. The SMILES string of the molecule is CN1CCN(c2ccc(-c3[nH]c4ncc(Cl)cc4c3C3C=NC=NC3)cn2)CC1. The van der Waals surface area contributed by atoms with Gasteiger partial charge in [-0.2, -0.15) is 0 Å². The van der Waals surface area contributed by atoms with E-state index in [-0.39, 0.29) is 5.92 Å². The third kappa shape index (κ3) is 3.52. The second-order valence-corrected chi connectivity index (χ2v) is 7.98. The van der Waals surface area contributed by atoms with E-state index in [1.807, 2.05) is 18.5 Å². The number of hydrogen-bond acceptors (Lipinski definition) is 6. The van der Waals surface area contributed by atoms with Crippen LogP contribution < -0.4 is 4.90 Å². The van der Waals surface area contributed by atoms with E-state index in [1.165, 1.54) is 0 Å². The average molecular weight is 408 g/mol. The molecule has 0 bridgehead atoms. The lowest BCUT2D eigenvalue weighted by Gasteiger charge is -2.33. The summed E-state index contributed by atoms with van der Waals surface area (Å²) in [5.41, 5.74) is 3.95. The fourth-order valence-electron chi connectivity index (χ4n) is 4.00. The van der Waals surface area contributed by atoms with Gasteiger partial charge in [0.2, 0.25) is 0 Å². The minimum Gasteiger partial charge on any atom is -0.354 e. The van der Waals surface area contributed by atoms with Gasteiger partial charge in [0.1, 0.15) is 17.8 Å². The number of aromatic nitrogens is 3. The maximum Gasteiger partial charge on any atom is 0.138 e. The number of nitrogens with zero attached hydrogens (tertiary/aromatic N) is 6. The Balaban J connectivity index is 1.54. The summed E-state index contributed by atoms with van der Waals surface area (Å²) in [7, 11) is 2.16. The van der Waals surface area contributed by atoms with Crippen LogP contribution >= 0.6 is 11.6 Å². The number of aliphatic imine (C=N–C) groups is 2. The third-order valence-electron chi connectivity index (χ3n) is 5.61. The van der Waals surface area contributed by atoms with E-state index in [2.05, 4.69) is 48.9 Å². The molecule has 1 saturated heterocycles. The molecule has 8 heteroatoms. The van der Waals surface area contributed by atoms with E-state index in [0.29, 0.717) is 11.6 Å². The van der Waals surface area contributed by atoms with Crippen LogP contribution in [0.3, 0.4) is 0 Å². The van der Waals surface area contributed by atoms with Crippen LogP contribution in [0.5, 0.6) is 0 Å². The highest BCUT2D eigenvalue weighted by Crippen LogP contribution is 2.36. The van der Waals surface area contributed by atoms with E-state index < -0.39 is 0 Å². The van der Waals surface area contributed by atoms with Gasteiger partial charge in [0.15, 0.2) is 0 Å². The summed E-state index contributed by atoms with van der Waals surface area (Å²) in [5, 5.41) is 1.62. The number of likely N-dealkylation sites (N-methyl/N-ethyl adjacent to an activating group) is 1. The van der Waals surface area contributed by atoms with Crippen molar-refractivity contribution in [2.24, 2.45) is 9.98 Å². The van der Waals surface area contributed by atoms with Crippen molar-refractivity contribution in [2.45, 2.75) is 5.92 Å². The lowest BCUT2D eigenvalue weighted by Crippen LogP contribution is -2.44. The highest BCUT2D eigenvalue weighted by molar-refractivity contribution is 6.31. The van der Waals surface area contributed by atoms with Crippen molar-refractivity contribution in [3.05, 3.63) is 41.2 Å². The molecule has 0 aromatic carbocycles. The number of H-pyrrole nitrogens is 1. The molecule has 7 nitrogen and oxygen atoms in total. The summed E-state index contributed by atoms with van der Waals surface area (Å²) >= 11 is 6.24. The Hall–Kier alpha value is -2.77. The van der Waals surface area contributed by atoms with Crippen LogP contribution in [0.25, 0.3) is 22.3 Å². The number of piperazine rings is 1. The molecule has 0 radical (unpaired) electrons. The van der Waals surface area contributed by atoms with Crippen molar-refractivity contribution in [2.75, 3.05) is 44.7 Å². The Bertz CT molecular complexity index is 1080. The number of pyridine rings is 2. The minimum absolute atomic E-state index is 0.0707. The molecule has 2 aliphatic heterocycles. The largest absolute Gasteiger partial charge is 0.354 e. The van der Waals surface area contributed by atoms with Gasteiger partial charge in [-0.3, -0.25) is 4.99 Å². The van der Waals surface area contributed by atoms with Crippen LogP contribution in [0.2, 0.25) is 5.02 Å². The second kappa shape index (κ2) is 7.57. The molecule has 1 N–H and O–H groups in total. The Kier molecular flexibility index (Phi) is 4.77. The van der Waals surface area contributed by atoms with Gasteiger partial charge < -0.3 is 14.8 Å². The van der Waals surface area contributed by atoms with Crippen LogP contribution in [-0.2, 0) is 0 Å². The number of fused-ring (bicyclic) bond motifs is 1. The first-order valence-corrected chi connectivity index (χ1v) is 10.2. The fraction of sp³-hybridized carbons (Fsp3) is 0.333. The van der Waals surface area contributed by atoms with E-state index >= 15 is 0 Å². The molecule has 0 amide bonds. The Morgan fingerprint density at radius 2 is 1.97 bits per heavy atom. The van der Waals surface area contributed by atoms with Crippen molar-refractivity contribution >= 4 is 41.0 Å². The predicted octanol–water partition coefficient (Wildman–Crippen LogP) is 3.23. The number of anilines is 1. The zero-order chi connectivity index (χ0) is 19.8. The zero-order valence-corrected chi connectivity index (χ0v) is 17.0. The molecular formula is C21H22ClN7. The lowest BCUT2D eigenvalue weighted by molar-refractivity contribution is 0.312. The smallest absolute Gasteiger partial charge is 0.138 e. The van der Waals surface area contributed by atoms with E-state index in [0.717, 1.165) is 59.9 Å². The molecule has 5 rings (SSSR count). The standard InChI is InChI=1S/C21H22ClN7/c1-28-4-6-29(7-5-28)18-3-2-14(11-25-18)20-19(15-9-23-13-24-10-15)17-8-16(22)12-26-21(17)27-20/h2-3,8-9,11-13,15H,4-7,10H2,1H3,(H,26,27). The van der Waals surface area contributed by atoms with Gasteiger partial charge >= 0.3 is 0 Å². The summed E-state index contributed by atoms with van der Waals surface area (Å²) in [6.45, 7) is 4.77. The van der Waals surface area contributed by atoms with Crippen LogP contribution in [0, 0.1) is 0 Å². The molecule has 1 atom stereocenters. The predicted molar refractivity (Wildman–Crippen MR) is 119 cm³/mol. The first-order valence-electron chi connectivity index (χ1n) is 9.77. The maximum atomic E-state index is 6.24. The van der Waals surface area contributed by atoms with Crippen LogP contribution in [0.1, 0.15) is 11.5 Å². The van der Waals surface area contributed by atoms with Gasteiger partial charge in [-0.1, -0.05) is 11.6 Å².